The van der Waals surface area contributed by atoms with Crippen molar-refractivity contribution in [2.24, 2.45) is 22.7 Å². The highest BCUT2D eigenvalue weighted by molar-refractivity contribution is 6.31. The minimum absolute atomic E-state index is 0.0783. The van der Waals surface area contributed by atoms with E-state index in [1.807, 2.05) is 23.1 Å². The number of halogens is 1. The number of hydrogen-bond acceptors (Lipinski definition) is 10. The zero-order valence-electron chi connectivity index (χ0n) is 35.2. The number of nitrogens with one attached hydrogen (secondary N) is 2. The molecule has 3 aliphatic heterocycles. The van der Waals surface area contributed by atoms with Crippen LogP contribution in [0.15, 0.2) is 65.5 Å². The van der Waals surface area contributed by atoms with Crippen LogP contribution in [-0.4, -0.2) is 81.8 Å². The topological polar surface area (TPSA) is 180 Å². The summed E-state index contributed by atoms with van der Waals surface area (Å²) in [5, 5.41) is 23.6. The van der Waals surface area contributed by atoms with Crippen molar-refractivity contribution in [2.45, 2.75) is 84.4 Å². The number of aromatic nitrogens is 3. The predicted molar refractivity (Wildman–Crippen MR) is 232 cm³/mol. The molecular formula is C47H49ClN8O6. The van der Waals surface area contributed by atoms with Gasteiger partial charge in [-0.25, -0.2) is 0 Å². The van der Waals surface area contributed by atoms with Crippen LogP contribution >= 0.6 is 11.6 Å². The number of nitrogens with zero attached hydrogens (tertiary/aromatic N) is 6. The molecule has 14 nitrogen and oxygen atoms in total. The first-order chi connectivity index (χ1) is 29.6. The van der Waals surface area contributed by atoms with Gasteiger partial charge >= 0.3 is 0 Å². The van der Waals surface area contributed by atoms with Gasteiger partial charge in [-0.05, 0) is 86.7 Å². The number of nitriles is 1. The number of carbonyl (C=O) groups is 4. The Balaban J connectivity index is 0.801. The third kappa shape index (κ3) is 8.24. The molecule has 4 heterocycles. The van der Waals surface area contributed by atoms with Crippen molar-refractivity contribution in [3.8, 4) is 23.7 Å². The van der Waals surface area contributed by atoms with Crippen LogP contribution < -0.4 is 25.8 Å². The van der Waals surface area contributed by atoms with Crippen LogP contribution in [0.5, 0.6) is 5.75 Å². The summed E-state index contributed by atoms with van der Waals surface area (Å²) >= 11 is 6.24. The first kappa shape index (κ1) is 42.4. The summed E-state index contributed by atoms with van der Waals surface area (Å²) in [4.78, 5) is 68.6. The average molecular weight is 857 g/mol. The molecule has 2 N–H and O–H groups in total. The van der Waals surface area contributed by atoms with Gasteiger partial charge in [0.05, 0.1) is 16.0 Å². The maximum Gasteiger partial charge on any atom is 0.278 e. The Bertz CT molecular complexity index is 2590. The highest BCUT2D eigenvalue weighted by atomic mass is 35.5. The van der Waals surface area contributed by atoms with E-state index in [1.165, 1.54) is 0 Å². The molecule has 1 aromatic heterocycles. The van der Waals surface area contributed by atoms with Gasteiger partial charge in [-0.1, -0.05) is 56.4 Å². The van der Waals surface area contributed by atoms with Gasteiger partial charge in [0.1, 0.15) is 29.5 Å². The molecule has 4 aliphatic rings. The van der Waals surface area contributed by atoms with Gasteiger partial charge < -0.3 is 19.9 Å². The zero-order chi connectivity index (χ0) is 43.9. The number of carbonyl (C=O) groups excluding carboxylic acids is 4. The van der Waals surface area contributed by atoms with Gasteiger partial charge in [-0.15, -0.1) is 5.10 Å². The average Bonchev–Trinajstić information content (AvgIpc) is 3.27. The number of ether oxygens (including phenoxy) is 1. The highest BCUT2D eigenvalue weighted by Gasteiger charge is 2.64. The Hall–Kier alpha value is -6.25. The maximum absolute atomic E-state index is 13.6. The minimum atomic E-state index is -0.889. The van der Waals surface area contributed by atoms with Crippen molar-refractivity contribution in [3.63, 3.8) is 0 Å². The number of hydrogen-bond donors (Lipinski definition) is 2. The van der Waals surface area contributed by atoms with E-state index in [0.717, 1.165) is 28.8 Å². The molecule has 1 unspecified atom stereocenters. The molecule has 62 heavy (non-hydrogen) atoms. The summed E-state index contributed by atoms with van der Waals surface area (Å²) in [5.41, 5.74) is 1.84. The lowest BCUT2D eigenvalue weighted by Crippen LogP contribution is -2.74. The number of benzene rings is 3. The number of anilines is 1. The third-order valence-electron chi connectivity index (χ3n) is 13.2. The molecule has 1 saturated carbocycles. The summed E-state index contributed by atoms with van der Waals surface area (Å²) in [6.07, 6.45) is 3.09. The van der Waals surface area contributed by atoms with E-state index in [4.69, 9.17) is 16.3 Å². The van der Waals surface area contributed by atoms with E-state index in [9.17, 15) is 29.2 Å². The first-order valence-corrected chi connectivity index (χ1v) is 21.6. The van der Waals surface area contributed by atoms with Crippen LogP contribution in [0.1, 0.15) is 93.7 Å². The molecule has 15 heteroatoms. The van der Waals surface area contributed by atoms with E-state index < -0.39 is 17.5 Å². The Labute approximate surface area is 364 Å². The Morgan fingerprint density at radius 3 is 2.27 bits per heavy atom. The van der Waals surface area contributed by atoms with Crippen molar-refractivity contribution in [1.29, 1.82) is 5.26 Å². The van der Waals surface area contributed by atoms with E-state index >= 15 is 0 Å². The second-order valence-corrected chi connectivity index (χ2v) is 18.4. The van der Waals surface area contributed by atoms with Gasteiger partial charge in [0.15, 0.2) is 0 Å². The van der Waals surface area contributed by atoms with Crippen molar-refractivity contribution in [3.05, 3.63) is 92.7 Å². The predicted octanol–water partition coefficient (Wildman–Crippen LogP) is 5.41. The summed E-state index contributed by atoms with van der Waals surface area (Å²) < 4.78 is 7.43. The first-order valence-electron chi connectivity index (χ1n) is 21.2. The standard InChI is InChI=1S/C47H49ClN8O6/c1-46(2)44(47(3,4)45(46)62-34-13-11-32(27-49)36(48)26-34)51-40(58)30-9-7-28(8-10-30)5-6-29-17-21-55(22-18-29)42(60)31-19-23-54(24-20-31)33-12-14-37-35(25-33)43(61)56(53-52-37)38-15-16-39(57)50-41(38)59/h7-14,25-26,29,31,38,44-45H,15-24H2,1-4H3,(H,51,58)(H,50,57,59)/t38?,44-,45-. The molecule has 3 aromatic carbocycles. The van der Waals surface area contributed by atoms with Crippen molar-refractivity contribution in [2.75, 3.05) is 31.1 Å². The summed E-state index contributed by atoms with van der Waals surface area (Å²) in [7, 11) is 0. The summed E-state index contributed by atoms with van der Waals surface area (Å²) in [6, 6.07) is 18.8. The molecule has 1 aliphatic carbocycles. The van der Waals surface area contributed by atoms with Crippen LogP contribution in [-0.2, 0) is 14.4 Å². The molecule has 0 radical (unpaired) electrons. The monoisotopic (exact) mass is 856 g/mol. The molecule has 1 atom stereocenters. The van der Waals surface area contributed by atoms with E-state index in [1.54, 1.807) is 42.5 Å². The lowest BCUT2D eigenvalue weighted by molar-refractivity contribution is -0.164. The largest absolute Gasteiger partial charge is 0.489 e. The molecule has 4 aromatic rings. The molecule has 4 amide bonds. The van der Waals surface area contributed by atoms with Crippen LogP contribution in [0, 0.1) is 45.8 Å². The summed E-state index contributed by atoms with van der Waals surface area (Å²) in [6.45, 7) is 10.9. The Kier molecular flexibility index (Phi) is 11.6. The normalized spacial score (nSPS) is 22.4. The minimum Gasteiger partial charge on any atom is -0.489 e. The van der Waals surface area contributed by atoms with Gasteiger partial charge in [0, 0.05) is 84.2 Å². The lowest BCUT2D eigenvalue weighted by atomic mass is 9.49. The molecular weight excluding hydrogens is 808 g/mol. The van der Waals surface area contributed by atoms with Crippen molar-refractivity contribution in [1.82, 2.24) is 30.5 Å². The fraction of sp³-hybridized carbons (Fsp3) is 0.447. The Morgan fingerprint density at radius 1 is 0.903 bits per heavy atom. The third-order valence-corrected chi connectivity index (χ3v) is 13.5. The second kappa shape index (κ2) is 16.9. The quantitative estimate of drug-likeness (QED) is 0.180. The van der Waals surface area contributed by atoms with Crippen molar-refractivity contribution >= 4 is 51.8 Å². The molecule has 3 saturated heterocycles. The SMILES string of the molecule is CC1(C)[C@H](NC(=O)c2ccc(C#CC3CCN(C(=O)C4CCN(c5ccc6nnn(C7CCC(=O)NC7=O)c(=O)c6c5)CC4)CC3)cc2)C(C)(C)[C@H]1Oc1ccc(C#N)c(Cl)c1. The van der Waals surface area contributed by atoms with Gasteiger partial charge in [-0.3, -0.25) is 29.3 Å². The highest BCUT2D eigenvalue weighted by Crippen LogP contribution is 2.55. The fourth-order valence-corrected chi connectivity index (χ4v) is 10.2. The zero-order valence-corrected chi connectivity index (χ0v) is 36.0. The van der Waals surface area contributed by atoms with Crippen LogP contribution in [0.4, 0.5) is 5.69 Å². The van der Waals surface area contributed by atoms with Crippen LogP contribution in [0.3, 0.4) is 0 Å². The van der Waals surface area contributed by atoms with Crippen molar-refractivity contribution < 1.29 is 23.9 Å². The number of amides is 4. The molecule has 8 rings (SSSR count). The van der Waals surface area contributed by atoms with E-state index in [2.05, 4.69) is 71.5 Å². The number of likely N-dealkylation sites (tertiary alicyclic amines) is 1. The molecule has 0 spiro atoms. The molecule has 4 fully saturated rings. The number of imide groups is 1. The maximum atomic E-state index is 13.6. The smallest absolute Gasteiger partial charge is 0.278 e. The van der Waals surface area contributed by atoms with E-state index in [0.29, 0.717) is 71.8 Å². The van der Waals surface area contributed by atoms with E-state index in [-0.39, 0.29) is 65.4 Å². The van der Waals surface area contributed by atoms with Crippen LogP contribution in [0.25, 0.3) is 10.9 Å². The fourth-order valence-electron chi connectivity index (χ4n) is 9.95. The van der Waals surface area contributed by atoms with Gasteiger partial charge in [-0.2, -0.15) is 9.94 Å². The number of rotatable bonds is 7. The molecule has 0 bridgehead atoms. The number of piperidine rings is 3. The van der Waals surface area contributed by atoms with Crippen LogP contribution in [0.2, 0.25) is 5.02 Å². The molecule has 320 valence electrons. The summed E-state index contributed by atoms with van der Waals surface area (Å²) in [5.74, 6) is 6.44. The Morgan fingerprint density at radius 2 is 1.61 bits per heavy atom. The van der Waals surface area contributed by atoms with Gasteiger partial charge in [0.25, 0.3) is 17.4 Å². The second-order valence-electron chi connectivity index (χ2n) is 18.0. The lowest BCUT2D eigenvalue weighted by Gasteiger charge is -2.63. The van der Waals surface area contributed by atoms with Gasteiger partial charge in [0.2, 0.25) is 11.8 Å². The number of fused-ring (bicyclic) bond motifs is 1.